The Kier molecular flexibility index (Phi) is 66.0. The molecule has 0 amide bonds. The van der Waals surface area contributed by atoms with Crippen LogP contribution in [-0.2, 0) is 32.7 Å². The second-order valence-corrected chi connectivity index (χ2v) is 24.8. The molecule has 482 valence electrons. The molecule has 0 aromatic carbocycles. The molecular formula is C73H132NO8P. The first-order chi connectivity index (χ1) is 40.8. The number of hydrogen-bond donors (Lipinski definition) is 2. The average Bonchev–Trinajstić information content (AvgIpc) is 3.49. The zero-order valence-electron chi connectivity index (χ0n) is 54.2. The van der Waals surface area contributed by atoms with Gasteiger partial charge in [-0.2, -0.15) is 0 Å². The van der Waals surface area contributed by atoms with Crippen LogP contribution in [0.25, 0.3) is 0 Å². The molecule has 0 spiro atoms. The molecule has 0 bridgehead atoms. The first kappa shape index (κ1) is 80.2. The lowest BCUT2D eigenvalue weighted by Crippen LogP contribution is -2.29. The summed E-state index contributed by atoms with van der Waals surface area (Å²) in [6, 6.07) is 0. The van der Waals surface area contributed by atoms with Crippen molar-refractivity contribution >= 4 is 19.8 Å². The van der Waals surface area contributed by atoms with Crippen molar-refractivity contribution in [1.29, 1.82) is 0 Å². The van der Waals surface area contributed by atoms with Crippen molar-refractivity contribution < 1.29 is 37.6 Å². The predicted octanol–water partition coefficient (Wildman–Crippen LogP) is 23.0. The zero-order chi connectivity index (χ0) is 60.1. The van der Waals surface area contributed by atoms with Crippen molar-refractivity contribution in [2.24, 2.45) is 5.73 Å². The summed E-state index contributed by atoms with van der Waals surface area (Å²) in [5.74, 6) is -0.814. The van der Waals surface area contributed by atoms with Crippen molar-refractivity contribution in [2.45, 2.75) is 341 Å². The van der Waals surface area contributed by atoms with E-state index in [0.29, 0.717) is 6.42 Å². The molecule has 0 radical (unpaired) electrons. The van der Waals surface area contributed by atoms with E-state index in [9.17, 15) is 19.0 Å². The lowest BCUT2D eigenvalue weighted by Gasteiger charge is -2.19. The Morgan fingerprint density at radius 2 is 0.663 bits per heavy atom. The van der Waals surface area contributed by atoms with Crippen LogP contribution in [0.15, 0.2) is 85.1 Å². The van der Waals surface area contributed by atoms with E-state index >= 15 is 0 Å². The second-order valence-electron chi connectivity index (χ2n) is 23.4. The Hall–Kier alpha value is -2.81. The first-order valence-electron chi connectivity index (χ1n) is 35.1. The summed E-state index contributed by atoms with van der Waals surface area (Å²) < 4.78 is 33.2. The molecule has 2 atom stereocenters. The summed E-state index contributed by atoms with van der Waals surface area (Å²) >= 11 is 0. The van der Waals surface area contributed by atoms with Crippen molar-refractivity contribution in [3.8, 4) is 0 Å². The van der Waals surface area contributed by atoms with Crippen LogP contribution in [0.2, 0.25) is 0 Å². The van der Waals surface area contributed by atoms with Crippen LogP contribution in [0.5, 0.6) is 0 Å². The standard InChI is InChI=1S/C73H132NO8P/c1-3-5-7-9-11-13-15-17-19-21-23-25-27-29-31-33-34-35-36-38-40-42-44-46-48-50-52-54-56-58-60-62-64-66-73(76)82-71(70-81-83(77,78)80-68-67-74)69-79-72(75)65-63-61-59-57-55-53-51-49-47-45-43-41-39-37-32-30-28-26-24-22-20-18-16-14-12-10-8-6-4-2/h5,7,11,13,16-19,22-25,29,31,71H,3-4,6,8-10,12,14-15,20-21,26-28,30,32-70,74H2,1-2H3,(H,77,78)/b7-5-,13-11-,18-16-,19-17-,24-22-,25-23-,31-29-. The number of nitrogens with two attached hydrogens (primary N) is 1. The summed E-state index contributed by atoms with van der Waals surface area (Å²) in [5, 5.41) is 0. The quantitative estimate of drug-likeness (QED) is 0.0264. The van der Waals surface area contributed by atoms with Gasteiger partial charge in [0.25, 0.3) is 0 Å². The average molecular weight is 1180 g/mol. The van der Waals surface area contributed by atoms with Gasteiger partial charge in [0.15, 0.2) is 6.10 Å². The van der Waals surface area contributed by atoms with E-state index in [1.165, 1.54) is 225 Å². The van der Waals surface area contributed by atoms with Gasteiger partial charge >= 0.3 is 19.8 Å². The van der Waals surface area contributed by atoms with Gasteiger partial charge in [-0.25, -0.2) is 4.57 Å². The highest BCUT2D eigenvalue weighted by atomic mass is 31.2. The van der Waals surface area contributed by atoms with Gasteiger partial charge in [-0.05, 0) is 89.9 Å². The molecule has 0 saturated heterocycles. The fourth-order valence-corrected chi connectivity index (χ4v) is 10.9. The Bertz CT molecular complexity index is 1640. The molecule has 0 aliphatic heterocycles. The molecule has 0 aromatic rings. The normalized spacial score (nSPS) is 13.4. The molecule has 2 unspecified atom stereocenters. The lowest BCUT2D eigenvalue weighted by atomic mass is 10.0. The van der Waals surface area contributed by atoms with Gasteiger partial charge in [0.05, 0.1) is 13.2 Å². The van der Waals surface area contributed by atoms with Crippen LogP contribution in [-0.4, -0.2) is 49.3 Å². The number of rotatable bonds is 66. The number of phosphoric acid groups is 1. The van der Waals surface area contributed by atoms with E-state index in [2.05, 4.69) is 98.9 Å². The Labute approximate surface area is 513 Å². The number of unbranched alkanes of at least 4 members (excludes halogenated alkanes) is 39. The molecule has 0 heterocycles. The van der Waals surface area contributed by atoms with E-state index in [-0.39, 0.29) is 38.6 Å². The van der Waals surface area contributed by atoms with Crippen LogP contribution in [0.1, 0.15) is 335 Å². The number of carbonyl (C=O) groups is 2. The summed E-state index contributed by atoms with van der Waals surface area (Å²) in [6.07, 6.45) is 91.0. The highest BCUT2D eigenvalue weighted by Gasteiger charge is 2.26. The van der Waals surface area contributed by atoms with Gasteiger partial charge in [0, 0.05) is 19.4 Å². The predicted molar refractivity (Wildman–Crippen MR) is 358 cm³/mol. The highest BCUT2D eigenvalue weighted by Crippen LogP contribution is 2.43. The number of allylic oxidation sites excluding steroid dienone is 14. The topological polar surface area (TPSA) is 134 Å². The minimum atomic E-state index is -4.39. The molecule has 83 heavy (non-hydrogen) atoms. The lowest BCUT2D eigenvalue weighted by molar-refractivity contribution is -0.161. The third kappa shape index (κ3) is 68.2. The maximum absolute atomic E-state index is 12.8. The van der Waals surface area contributed by atoms with E-state index in [1.807, 2.05) is 0 Å². The fourth-order valence-electron chi connectivity index (χ4n) is 10.1. The van der Waals surface area contributed by atoms with Gasteiger partial charge in [-0.15, -0.1) is 0 Å². The maximum atomic E-state index is 12.8. The number of esters is 2. The second kappa shape index (κ2) is 68.3. The smallest absolute Gasteiger partial charge is 0.462 e. The molecule has 0 saturated carbocycles. The van der Waals surface area contributed by atoms with Crippen LogP contribution >= 0.6 is 7.82 Å². The molecule has 0 aromatic heterocycles. The number of carbonyl (C=O) groups excluding carboxylic acids is 2. The van der Waals surface area contributed by atoms with Crippen molar-refractivity contribution in [1.82, 2.24) is 0 Å². The van der Waals surface area contributed by atoms with E-state index in [1.54, 1.807) is 0 Å². The summed E-state index contributed by atoms with van der Waals surface area (Å²) in [6.45, 7) is 3.67. The molecule has 0 rings (SSSR count). The Morgan fingerprint density at radius 3 is 0.988 bits per heavy atom. The fraction of sp³-hybridized carbons (Fsp3) is 0.781. The van der Waals surface area contributed by atoms with Crippen molar-refractivity contribution in [3.05, 3.63) is 85.1 Å². The van der Waals surface area contributed by atoms with Gasteiger partial charge in [0.1, 0.15) is 6.61 Å². The third-order valence-electron chi connectivity index (χ3n) is 15.3. The molecule has 0 fully saturated rings. The van der Waals surface area contributed by atoms with Crippen LogP contribution < -0.4 is 5.73 Å². The minimum absolute atomic E-state index is 0.0528. The van der Waals surface area contributed by atoms with Crippen LogP contribution in [0, 0.1) is 0 Å². The molecule has 0 aliphatic rings. The van der Waals surface area contributed by atoms with Crippen LogP contribution in [0.4, 0.5) is 0 Å². The van der Waals surface area contributed by atoms with Gasteiger partial charge in [-0.1, -0.05) is 317 Å². The molecular weight excluding hydrogens is 1050 g/mol. The van der Waals surface area contributed by atoms with E-state index < -0.39 is 26.5 Å². The molecule has 0 aliphatic carbocycles. The summed E-state index contributed by atoms with van der Waals surface area (Å²) in [5.41, 5.74) is 5.40. The van der Waals surface area contributed by atoms with E-state index in [4.69, 9.17) is 24.3 Å². The highest BCUT2D eigenvalue weighted by molar-refractivity contribution is 7.47. The first-order valence-corrected chi connectivity index (χ1v) is 36.6. The molecule has 10 heteroatoms. The maximum Gasteiger partial charge on any atom is 0.472 e. The van der Waals surface area contributed by atoms with Crippen LogP contribution in [0.3, 0.4) is 0 Å². The molecule has 9 nitrogen and oxygen atoms in total. The summed E-state index contributed by atoms with van der Waals surface area (Å²) in [7, 11) is -4.39. The minimum Gasteiger partial charge on any atom is -0.462 e. The number of ether oxygens (including phenoxy) is 2. The third-order valence-corrected chi connectivity index (χ3v) is 16.2. The van der Waals surface area contributed by atoms with Gasteiger partial charge < -0.3 is 20.1 Å². The van der Waals surface area contributed by atoms with Gasteiger partial charge in [-0.3, -0.25) is 18.6 Å². The SMILES string of the molecule is CC/C=C\C/C=C\C/C=C\C/C=C\C/C=C\CCCCCCCCCCCCCCCCCCCC(=O)OC(COC(=O)CCCCCCCCCCCCCCCCCCC/C=C\C/C=C\CCCCCCC)COP(=O)(O)OCCN. The van der Waals surface area contributed by atoms with E-state index in [0.717, 1.165) is 77.0 Å². The van der Waals surface area contributed by atoms with Crippen molar-refractivity contribution in [3.63, 3.8) is 0 Å². The molecule has 3 N–H and O–H groups in total. The largest absolute Gasteiger partial charge is 0.472 e. The van der Waals surface area contributed by atoms with Crippen molar-refractivity contribution in [2.75, 3.05) is 26.4 Å². The number of phosphoric ester groups is 1. The Morgan fingerprint density at radius 1 is 0.373 bits per heavy atom. The monoisotopic (exact) mass is 1180 g/mol. The zero-order valence-corrected chi connectivity index (χ0v) is 55.1. The van der Waals surface area contributed by atoms with Gasteiger partial charge in [0.2, 0.25) is 0 Å². The Balaban J connectivity index is 3.85. The summed E-state index contributed by atoms with van der Waals surface area (Å²) in [4.78, 5) is 35.4. The number of hydrogen-bond acceptors (Lipinski definition) is 8.